The number of carbonyl (C=O) groups excluding carboxylic acids is 2. The Morgan fingerprint density at radius 1 is 0.879 bits per heavy atom. The average molecular weight is 817 g/mol. The number of hydrogen-bond donors (Lipinski definition) is 3. The van der Waals surface area contributed by atoms with E-state index in [1.54, 1.807) is 6.07 Å². The summed E-state index contributed by atoms with van der Waals surface area (Å²) in [6.45, 7) is 2.29. The van der Waals surface area contributed by atoms with Crippen molar-refractivity contribution in [2.75, 3.05) is 49.3 Å². The minimum atomic E-state index is -4.44. The van der Waals surface area contributed by atoms with Crippen LogP contribution in [0.4, 0.5) is 22.3 Å². The lowest BCUT2D eigenvalue weighted by atomic mass is 9.94. The predicted molar refractivity (Wildman–Crippen MR) is 230 cm³/mol. The maximum absolute atomic E-state index is 14.0. The van der Waals surface area contributed by atoms with Crippen molar-refractivity contribution in [3.05, 3.63) is 142 Å². The molecule has 0 atom stereocenters. The number of hydrogen-bond acceptors (Lipinski definition) is 12. The number of nitrogens with one attached hydrogen (secondary N) is 3. The van der Waals surface area contributed by atoms with Gasteiger partial charge in [0.05, 0.1) is 20.8 Å². The van der Waals surface area contributed by atoms with E-state index < -0.39 is 15.9 Å². The Labute approximate surface area is 341 Å². The number of amides is 2. The van der Waals surface area contributed by atoms with Crippen LogP contribution in [-0.4, -0.2) is 68.8 Å². The summed E-state index contributed by atoms with van der Waals surface area (Å²) in [5.41, 5.74) is 5.23. The van der Waals surface area contributed by atoms with Crippen molar-refractivity contribution in [3.8, 4) is 0 Å². The van der Waals surface area contributed by atoms with Crippen molar-refractivity contribution in [2.45, 2.75) is 43.5 Å². The van der Waals surface area contributed by atoms with E-state index in [0.717, 1.165) is 52.4 Å². The number of rotatable bonds is 16. The van der Waals surface area contributed by atoms with Crippen molar-refractivity contribution in [1.82, 2.24) is 19.6 Å². The molecule has 4 aromatic carbocycles. The summed E-state index contributed by atoms with van der Waals surface area (Å²) in [4.78, 5) is 52.6. The summed E-state index contributed by atoms with van der Waals surface area (Å²) in [6.07, 6.45) is 3.34. The molecule has 2 aromatic heterocycles. The lowest BCUT2D eigenvalue weighted by Gasteiger charge is -2.31. The number of nitrogens with zero attached hydrogens (tertiary/aromatic N) is 5. The molecule has 7 rings (SSSR count). The number of anilines is 3. The monoisotopic (exact) mass is 816 g/mol. The van der Waals surface area contributed by atoms with Gasteiger partial charge in [0.1, 0.15) is 17.2 Å². The Balaban J connectivity index is 1.13. The molecule has 0 saturated carbocycles. The molecule has 2 amide bonds. The number of nitroso groups, excluding NO2 is 1. The van der Waals surface area contributed by atoms with Gasteiger partial charge in [-0.15, -0.1) is 4.91 Å². The van der Waals surface area contributed by atoms with Crippen LogP contribution in [0.3, 0.4) is 0 Å². The third-order valence-electron chi connectivity index (χ3n) is 9.99. The van der Waals surface area contributed by atoms with E-state index in [1.165, 1.54) is 23.5 Å². The lowest BCUT2D eigenvalue weighted by molar-refractivity contribution is 0.0974. The first-order chi connectivity index (χ1) is 28.1. The minimum absolute atomic E-state index is 0.0188. The van der Waals surface area contributed by atoms with E-state index in [0.29, 0.717) is 66.7 Å². The van der Waals surface area contributed by atoms with Crippen LogP contribution in [0.2, 0.25) is 0 Å². The predicted octanol–water partition coefficient (Wildman–Crippen LogP) is 7.56. The van der Waals surface area contributed by atoms with Crippen LogP contribution >= 0.6 is 11.3 Å². The van der Waals surface area contributed by atoms with E-state index in [2.05, 4.69) is 25.5 Å². The number of aryl methyl sites for hydroxylation is 2. The summed E-state index contributed by atoms with van der Waals surface area (Å²) in [7, 11) is -0.514. The second kappa shape index (κ2) is 18.1. The van der Waals surface area contributed by atoms with Crippen LogP contribution in [0.1, 0.15) is 55.9 Å². The van der Waals surface area contributed by atoms with E-state index in [-0.39, 0.29) is 22.2 Å². The molecule has 0 aliphatic carbocycles. The number of benzene rings is 4. The van der Waals surface area contributed by atoms with Gasteiger partial charge in [0.2, 0.25) is 0 Å². The summed E-state index contributed by atoms with van der Waals surface area (Å²) in [5, 5.41) is 9.66. The zero-order valence-electron chi connectivity index (χ0n) is 32.3. The molecule has 3 heterocycles. The van der Waals surface area contributed by atoms with Gasteiger partial charge in [-0.2, -0.15) is 0 Å². The van der Waals surface area contributed by atoms with Crippen molar-refractivity contribution in [2.24, 2.45) is 5.18 Å². The molecule has 58 heavy (non-hydrogen) atoms. The number of thiazole rings is 1. The maximum Gasteiger partial charge on any atom is 0.283 e. The van der Waals surface area contributed by atoms with Gasteiger partial charge in [-0.25, -0.2) is 23.1 Å². The molecule has 298 valence electrons. The van der Waals surface area contributed by atoms with E-state index >= 15 is 0 Å². The molecular weight excluding hydrogens is 773 g/mol. The molecule has 1 aliphatic heterocycles. The van der Waals surface area contributed by atoms with Crippen LogP contribution in [0.5, 0.6) is 0 Å². The number of carbonyl (C=O) groups is 2. The zero-order chi connectivity index (χ0) is 40.6. The quantitative estimate of drug-likeness (QED) is 0.0656. The highest BCUT2D eigenvalue weighted by molar-refractivity contribution is 7.90. The smallest absolute Gasteiger partial charge is 0.283 e. The Bertz CT molecular complexity index is 2530. The third kappa shape index (κ3) is 9.56. The van der Waals surface area contributed by atoms with Gasteiger partial charge in [0.25, 0.3) is 21.8 Å². The fraction of sp³-hybridized carbons (Fsp3) is 0.256. The first-order valence-corrected chi connectivity index (χ1v) is 21.4. The molecule has 1 aliphatic rings. The fourth-order valence-electron chi connectivity index (χ4n) is 7.01. The number of para-hydroxylation sites is 1. The second-order valence-corrected chi connectivity index (χ2v) is 17.1. The summed E-state index contributed by atoms with van der Waals surface area (Å²) >= 11 is 1.41. The molecule has 0 saturated heterocycles. The van der Waals surface area contributed by atoms with Crippen molar-refractivity contribution >= 4 is 65.7 Å². The molecule has 0 spiro atoms. The van der Waals surface area contributed by atoms with Crippen LogP contribution in [0.25, 0.3) is 10.2 Å². The summed E-state index contributed by atoms with van der Waals surface area (Å²) in [6, 6.07) is 31.0. The van der Waals surface area contributed by atoms with Crippen LogP contribution in [0.15, 0.2) is 113 Å². The minimum Gasteiger partial charge on any atom is -0.383 e. The summed E-state index contributed by atoms with van der Waals surface area (Å²) < 4.78 is 30.5. The maximum atomic E-state index is 14.0. The number of pyridine rings is 1. The molecule has 0 bridgehead atoms. The van der Waals surface area contributed by atoms with Gasteiger partial charge >= 0.3 is 0 Å². The standard InChI is InChI=1S/C43H44N8O5S2/c1-50(2)25-10-24-44-35-21-20-32(27-37(35)48-54)58(55,56)49-42(53)40-31(15-8-13-29-11-4-3-5-12-29)19-22-39(46-40)51-26-23-30-14-9-16-33(34(30)28-51)41(52)47-43-45-36-17-6-7-18-38(36)57-43/h3-7,9,11-12,14,16-22,27,44H,8,10,13,15,23-26,28H2,1-2H3,(H,49,53)(H,45,47,52). The van der Waals surface area contributed by atoms with Crippen molar-refractivity contribution in [1.29, 1.82) is 0 Å². The first kappa shape index (κ1) is 40.2. The highest BCUT2D eigenvalue weighted by atomic mass is 32.2. The summed E-state index contributed by atoms with van der Waals surface area (Å²) in [5.74, 6) is -0.694. The van der Waals surface area contributed by atoms with Crippen LogP contribution in [0, 0.1) is 4.91 Å². The van der Waals surface area contributed by atoms with E-state index in [1.807, 2.05) is 103 Å². The second-order valence-electron chi connectivity index (χ2n) is 14.4. The molecule has 15 heteroatoms. The van der Waals surface area contributed by atoms with Crippen molar-refractivity contribution in [3.63, 3.8) is 0 Å². The molecule has 13 nitrogen and oxygen atoms in total. The first-order valence-electron chi connectivity index (χ1n) is 19.1. The normalized spacial score (nSPS) is 12.6. The zero-order valence-corrected chi connectivity index (χ0v) is 33.9. The van der Waals surface area contributed by atoms with Gasteiger partial charge in [-0.1, -0.05) is 72.0 Å². The third-order valence-corrected chi connectivity index (χ3v) is 12.3. The number of fused-ring (bicyclic) bond motifs is 2. The average Bonchev–Trinajstić information content (AvgIpc) is 3.64. The van der Waals surface area contributed by atoms with Crippen LogP contribution in [-0.2, 0) is 35.8 Å². The van der Waals surface area contributed by atoms with Gasteiger partial charge in [-0.3, -0.25) is 14.9 Å². The van der Waals surface area contributed by atoms with E-state index in [9.17, 15) is 22.9 Å². The molecule has 0 fully saturated rings. The van der Waals surface area contributed by atoms with Gasteiger partial charge < -0.3 is 15.1 Å². The number of sulfonamides is 1. The molecule has 0 unspecified atom stereocenters. The van der Waals surface area contributed by atoms with E-state index in [4.69, 9.17) is 4.98 Å². The highest BCUT2D eigenvalue weighted by Crippen LogP contribution is 2.31. The molecular formula is C43H44N8O5S2. The molecule has 6 aromatic rings. The SMILES string of the molecule is CN(C)CCCNc1ccc(S(=O)(=O)NC(=O)c2nc(N3CCc4cccc(C(=O)Nc5nc6ccccc6s5)c4C3)ccc2CCCc2ccccc2)cc1N=O. The van der Waals surface area contributed by atoms with Gasteiger partial charge in [0.15, 0.2) is 5.13 Å². The van der Waals surface area contributed by atoms with Crippen molar-refractivity contribution < 1.29 is 18.0 Å². The highest BCUT2D eigenvalue weighted by Gasteiger charge is 2.27. The fourth-order valence-corrected chi connectivity index (χ4v) is 8.84. The lowest BCUT2D eigenvalue weighted by Crippen LogP contribution is -2.35. The molecule has 0 radical (unpaired) electrons. The van der Waals surface area contributed by atoms with Gasteiger partial charge in [-0.05, 0) is 123 Å². The Morgan fingerprint density at radius 2 is 1.69 bits per heavy atom. The Morgan fingerprint density at radius 3 is 2.48 bits per heavy atom. The number of aromatic nitrogens is 2. The Kier molecular flexibility index (Phi) is 12.5. The van der Waals surface area contributed by atoms with Crippen LogP contribution < -0.4 is 20.3 Å². The molecule has 3 N–H and O–H groups in total. The Hall–Kier alpha value is -6.03. The largest absolute Gasteiger partial charge is 0.383 e. The topological polar surface area (TPSA) is 166 Å². The van der Waals surface area contributed by atoms with Gasteiger partial charge in [0, 0.05) is 25.2 Å².